The molecule has 2 aromatic heterocycles. The van der Waals surface area contributed by atoms with Crippen LogP contribution >= 0.6 is 11.3 Å². The average Bonchev–Trinajstić information content (AvgIpc) is 3.28. The summed E-state index contributed by atoms with van der Waals surface area (Å²) in [6.45, 7) is 5.24. The van der Waals surface area contributed by atoms with Gasteiger partial charge in [-0.05, 0) is 29.5 Å². The van der Waals surface area contributed by atoms with Gasteiger partial charge in [0.05, 0.1) is 7.11 Å². The second kappa shape index (κ2) is 7.16. The van der Waals surface area contributed by atoms with Crippen LogP contribution < -0.4 is 9.64 Å². The first-order valence-corrected chi connectivity index (χ1v) is 9.69. The molecule has 1 unspecified atom stereocenters. The number of methoxy groups -OCH3 is 1. The van der Waals surface area contributed by atoms with Crippen LogP contribution in [0.15, 0.2) is 35.8 Å². The lowest BCUT2D eigenvalue weighted by molar-refractivity contribution is -0.389. The molecule has 0 saturated carbocycles. The summed E-state index contributed by atoms with van der Waals surface area (Å²) in [5.74, 6) is 1.38. The molecule has 0 amide bonds. The monoisotopic (exact) mass is 387 g/mol. The first-order valence-electron chi connectivity index (χ1n) is 8.81. The zero-order valence-electron chi connectivity index (χ0n) is 15.2. The van der Waals surface area contributed by atoms with Gasteiger partial charge in [0.1, 0.15) is 11.9 Å². The molecular formula is C18H21N5O3S. The van der Waals surface area contributed by atoms with Crippen LogP contribution in [0.5, 0.6) is 5.75 Å². The van der Waals surface area contributed by atoms with Crippen LogP contribution in [0, 0.1) is 10.1 Å². The van der Waals surface area contributed by atoms with Crippen molar-refractivity contribution in [1.82, 2.24) is 14.3 Å². The number of thiazole rings is 1. The number of piperazine rings is 1. The van der Waals surface area contributed by atoms with Gasteiger partial charge in [0.25, 0.3) is 4.96 Å². The molecule has 0 aliphatic carbocycles. The van der Waals surface area contributed by atoms with Crippen LogP contribution in [0.2, 0.25) is 0 Å². The largest absolute Gasteiger partial charge is 0.497 e. The van der Waals surface area contributed by atoms with E-state index in [1.165, 1.54) is 16.9 Å². The minimum absolute atomic E-state index is 0.0561. The maximum Gasteiger partial charge on any atom is 0.373 e. The van der Waals surface area contributed by atoms with Gasteiger partial charge in [0.15, 0.2) is 0 Å². The first kappa shape index (κ1) is 17.7. The van der Waals surface area contributed by atoms with Gasteiger partial charge in [-0.3, -0.25) is 4.90 Å². The first-order chi connectivity index (χ1) is 13.1. The van der Waals surface area contributed by atoms with Gasteiger partial charge in [-0.15, -0.1) is 0 Å². The van der Waals surface area contributed by atoms with E-state index in [1.54, 1.807) is 17.7 Å². The molecule has 0 N–H and O–H groups in total. The van der Waals surface area contributed by atoms with E-state index >= 15 is 0 Å². The number of hydrogen-bond acceptors (Lipinski definition) is 7. The summed E-state index contributed by atoms with van der Waals surface area (Å²) in [6.07, 6.45) is 1.70. The highest BCUT2D eigenvalue weighted by molar-refractivity contribution is 7.15. The van der Waals surface area contributed by atoms with E-state index in [-0.39, 0.29) is 16.8 Å². The maximum absolute atomic E-state index is 11.6. The summed E-state index contributed by atoms with van der Waals surface area (Å²) < 4.78 is 6.88. The molecule has 0 spiro atoms. The van der Waals surface area contributed by atoms with Crippen molar-refractivity contribution in [2.45, 2.75) is 13.0 Å². The topological polar surface area (TPSA) is 76.2 Å². The van der Waals surface area contributed by atoms with Crippen molar-refractivity contribution in [1.29, 1.82) is 0 Å². The minimum Gasteiger partial charge on any atom is -0.497 e. The molecule has 1 fully saturated rings. The quantitative estimate of drug-likeness (QED) is 0.494. The normalized spacial score (nSPS) is 16.6. The van der Waals surface area contributed by atoms with Gasteiger partial charge in [-0.25, -0.2) is 0 Å². The van der Waals surface area contributed by atoms with E-state index in [0.717, 1.165) is 18.8 Å². The standard InChI is InChI=1S/C18H21N5O3S/c1-13(14-4-3-5-15(12-14)26-2)20-6-8-21(9-7-20)16-17(23(24)25)22-10-11-27-18(22)19-16/h3-5,10-13H,6-9H2,1-2H3. The van der Waals surface area contributed by atoms with Gasteiger partial charge in [0, 0.05) is 37.6 Å². The molecule has 1 saturated heterocycles. The second-order valence-electron chi connectivity index (χ2n) is 6.55. The third kappa shape index (κ3) is 3.24. The van der Waals surface area contributed by atoms with Gasteiger partial charge in [0.2, 0.25) is 5.82 Å². The summed E-state index contributed by atoms with van der Waals surface area (Å²) in [6, 6.07) is 8.36. The van der Waals surface area contributed by atoms with E-state index in [4.69, 9.17) is 4.74 Å². The van der Waals surface area contributed by atoms with Crippen molar-refractivity contribution >= 4 is 27.9 Å². The molecule has 1 aromatic carbocycles. The summed E-state index contributed by atoms with van der Waals surface area (Å²) in [5, 5.41) is 13.4. The number of imidazole rings is 1. The Balaban J connectivity index is 1.50. The third-order valence-electron chi connectivity index (χ3n) is 5.13. The van der Waals surface area contributed by atoms with E-state index < -0.39 is 0 Å². The van der Waals surface area contributed by atoms with Gasteiger partial charge in [-0.2, -0.15) is 9.38 Å². The van der Waals surface area contributed by atoms with Crippen LogP contribution in [-0.2, 0) is 0 Å². The maximum atomic E-state index is 11.6. The molecule has 3 aromatic rings. The van der Waals surface area contributed by atoms with Crippen LogP contribution in [0.1, 0.15) is 18.5 Å². The highest BCUT2D eigenvalue weighted by atomic mass is 32.1. The molecule has 9 heteroatoms. The Bertz CT molecular complexity index is 961. The van der Waals surface area contributed by atoms with Crippen molar-refractivity contribution in [3.63, 3.8) is 0 Å². The lowest BCUT2D eigenvalue weighted by atomic mass is 10.1. The summed E-state index contributed by atoms with van der Waals surface area (Å²) in [5.41, 5.74) is 1.20. The van der Waals surface area contributed by atoms with Crippen molar-refractivity contribution in [2.75, 3.05) is 38.2 Å². The van der Waals surface area contributed by atoms with Gasteiger partial charge in [-0.1, -0.05) is 23.5 Å². The summed E-state index contributed by atoms with van der Waals surface area (Å²) in [7, 11) is 1.67. The fraction of sp³-hybridized carbons (Fsp3) is 0.389. The predicted molar refractivity (Wildman–Crippen MR) is 105 cm³/mol. The highest BCUT2D eigenvalue weighted by Gasteiger charge is 2.31. The van der Waals surface area contributed by atoms with Crippen molar-refractivity contribution in [3.05, 3.63) is 51.5 Å². The number of hydrogen-bond donors (Lipinski definition) is 0. The molecule has 8 nitrogen and oxygen atoms in total. The SMILES string of the molecule is COc1cccc(C(C)N2CCN(c3nc4sccn4c3[N+](=O)[O-])CC2)c1. The number of aromatic nitrogens is 2. The molecule has 0 radical (unpaired) electrons. The van der Waals surface area contributed by atoms with Gasteiger partial charge < -0.3 is 19.8 Å². The number of anilines is 1. The zero-order valence-corrected chi connectivity index (χ0v) is 16.1. The zero-order chi connectivity index (χ0) is 19.0. The molecule has 1 aliphatic rings. The van der Waals surface area contributed by atoms with Crippen molar-refractivity contribution in [2.24, 2.45) is 0 Å². The summed E-state index contributed by atoms with van der Waals surface area (Å²) in [4.78, 5) is 20.8. The van der Waals surface area contributed by atoms with Crippen molar-refractivity contribution < 1.29 is 9.66 Å². The van der Waals surface area contributed by atoms with Crippen LogP contribution in [0.4, 0.5) is 11.6 Å². The lowest BCUT2D eigenvalue weighted by Gasteiger charge is -2.38. The van der Waals surface area contributed by atoms with Gasteiger partial charge >= 0.3 is 5.82 Å². The molecule has 3 heterocycles. The van der Waals surface area contributed by atoms with Crippen LogP contribution in [-0.4, -0.2) is 52.5 Å². The molecular weight excluding hydrogens is 366 g/mol. The summed E-state index contributed by atoms with van der Waals surface area (Å²) >= 11 is 1.41. The number of nitro groups is 1. The van der Waals surface area contributed by atoms with E-state index in [9.17, 15) is 10.1 Å². The number of fused-ring (bicyclic) bond motifs is 1. The fourth-order valence-corrected chi connectivity index (χ4v) is 4.28. The molecule has 0 bridgehead atoms. The Morgan fingerprint density at radius 3 is 2.78 bits per heavy atom. The predicted octanol–water partition coefficient (Wildman–Crippen LogP) is 3.20. The molecule has 27 heavy (non-hydrogen) atoms. The minimum atomic E-state index is -0.340. The van der Waals surface area contributed by atoms with Crippen LogP contribution in [0.3, 0.4) is 0 Å². The van der Waals surface area contributed by atoms with Crippen LogP contribution in [0.25, 0.3) is 4.96 Å². The van der Waals surface area contributed by atoms with E-state index in [1.807, 2.05) is 22.4 Å². The number of nitrogens with zero attached hydrogens (tertiary/aromatic N) is 5. The average molecular weight is 387 g/mol. The van der Waals surface area contributed by atoms with Crippen molar-refractivity contribution in [3.8, 4) is 5.75 Å². The Kier molecular flexibility index (Phi) is 4.71. The lowest BCUT2D eigenvalue weighted by Crippen LogP contribution is -2.47. The second-order valence-corrected chi connectivity index (χ2v) is 7.42. The molecule has 142 valence electrons. The Morgan fingerprint density at radius 2 is 2.07 bits per heavy atom. The van der Waals surface area contributed by atoms with E-state index in [2.05, 4.69) is 28.9 Å². The fourth-order valence-electron chi connectivity index (χ4n) is 3.58. The third-order valence-corrected chi connectivity index (χ3v) is 5.89. The Hall–Kier alpha value is -2.65. The van der Waals surface area contributed by atoms with E-state index in [0.29, 0.717) is 23.9 Å². The number of ether oxygens (including phenoxy) is 1. The molecule has 4 rings (SSSR count). The number of benzene rings is 1. The Morgan fingerprint density at radius 1 is 1.30 bits per heavy atom. The Labute approximate surface area is 160 Å². The smallest absolute Gasteiger partial charge is 0.373 e. The molecule has 1 aliphatic heterocycles. The number of rotatable bonds is 5. The molecule has 1 atom stereocenters. The highest BCUT2D eigenvalue weighted by Crippen LogP contribution is 2.32.